The van der Waals surface area contributed by atoms with Gasteiger partial charge in [0, 0.05) is 6.20 Å². The first-order chi connectivity index (χ1) is 5.65. The highest BCUT2D eigenvalue weighted by Gasteiger charge is 2.07. The van der Waals surface area contributed by atoms with Crippen LogP contribution in [0.4, 0.5) is 5.69 Å². The quantitative estimate of drug-likeness (QED) is 0.683. The fraction of sp³-hybridized carbons (Fsp3) is 0.125. The summed E-state index contributed by atoms with van der Waals surface area (Å²) in [5.41, 5.74) is 12.4. The lowest BCUT2D eigenvalue weighted by molar-refractivity contribution is 0.868. The highest BCUT2D eigenvalue weighted by atomic mass is 35.5. The van der Waals surface area contributed by atoms with E-state index in [0.29, 0.717) is 16.4 Å². The molecule has 12 heavy (non-hydrogen) atoms. The van der Waals surface area contributed by atoms with Crippen molar-refractivity contribution in [3.05, 3.63) is 35.6 Å². The Hall–Kier alpha value is -1.06. The van der Waals surface area contributed by atoms with Crippen LogP contribution in [-0.2, 0) is 0 Å². The number of anilines is 1. The normalized spacial score (nSPS) is 12.5. The molecule has 0 aliphatic rings. The van der Waals surface area contributed by atoms with Crippen LogP contribution < -0.4 is 11.5 Å². The molecule has 3 nitrogen and oxygen atoms in total. The molecule has 0 aromatic carbocycles. The molecule has 0 fully saturated rings. The summed E-state index contributed by atoms with van der Waals surface area (Å²) in [7, 11) is 0. The summed E-state index contributed by atoms with van der Waals surface area (Å²) >= 11 is 5.66. The minimum atomic E-state index is -0.331. The van der Waals surface area contributed by atoms with Gasteiger partial charge in [-0.25, -0.2) is 0 Å². The van der Waals surface area contributed by atoms with Gasteiger partial charge < -0.3 is 11.5 Å². The van der Waals surface area contributed by atoms with Crippen molar-refractivity contribution in [1.82, 2.24) is 4.98 Å². The van der Waals surface area contributed by atoms with Crippen LogP contribution in [0.1, 0.15) is 11.7 Å². The van der Waals surface area contributed by atoms with E-state index >= 15 is 0 Å². The predicted molar refractivity (Wildman–Crippen MR) is 50.8 cm³/mol. The monoisotopic (exact) mass is 183 g/mol. The third-order valence-electron chi connectivity index (χ3n) is 1.49. The average molecular weight is 184 g/mol. The Morgan fingerprint density at radius 3 is 2.83 bits per heavy atom. The molecule has 4 heteroatoms. The van der Waals surface area contributed by atoms with E-state index in [1.807, 2.05) is 0 Å². The number of pyridine rings is 1. The van der Waals surface area contributed by atoms with Crippen molar-refractivity contribution < 1.29 is 0 Å². The minimum absolute atomic E-state index is 0.331. The molecule has 0 aliphatic heterocycles. The molecule has 0 bridgehead atoms. The summed E-state index contributed by atoms with van der Waals surface area (Å²) in [5.74, 6) is 0. The molecule has 1 aromatic heterocycles. The largest absolute Gasteiger partial charge is 0.397 e. The second-order valence-corrected chi connectivity index (χ2v) is 2.83. The Bertz CT molecular complexity index is 298. The highest BCUT2D eigenvalue weighted by molar-refractivity contribution is 6.30. The summed E-state index contributed by atoms with van der Waals surface area (Å²) in [6, 6.07) is 1.29. The van der Waals surface area contributed by atoms with Crippen LogP contribution in [0.3, 0.4) is 0 Å². The first-order valence-electron chi connectivity index (χ1n) is 3.44. The van der Waals surface area contributed by atoms with Crippen molar-refractivity contribution in [3.63, 3.8) is 0 Å². The summed E-state index contributed by atoms with van der Waals surface area (Å²) in [6.07, 6.45) is 3.09. The zero-order valence-electron chi connectivity index (χ0n) is 6.50. The molecule has 1 unspecified atom stereocenters. The van der Waals surface area contributed by atoms with E-state index in [-0.39, 0.29) is 6.04 Å². The minimum Gasteiger partial charge on any atom is -0.397 e. The number of aromatic nitrogens is 1. The van der Waals surface area contributed by atoms with Crippen LogP contribution in [0.2, 0.25) is 5.02 Å². The second-order valence-electron chi connectivity index (χ2n) is 2.39. The number of nitrogens with zero attached hydrogens (tertiary/aromatic N) is 1. The molecular weight excluding hydrogens is 174 g/mol. The molecule has 64 valence electrons. The van der Waals surface area contributed by atoms with Gasteiger partial charge >= 0.3 is 0 Å². The lowest BCUT2D eigenvalue weighted by Gasteiger charge is -2.08. The number of halogens is 1. The van der Waals surface area contributed by atoms with Gasteiger partial charge in [0.1, 0.15) is 0 Å². The molecule has 0 amide bonds. The third kappa shape index (κ3) is 1.75. The van der Waals surface area contributed by atoms with Gasteiger partial charge in [0.15, 0.2) is 0 Å². The summed E-state index contributed by atoms with van der Waals surface area (Å²) in [6.45, 7) is 3.55. The zero-order chi connectivity index (χ0) is 9.14. The van der Waals surface area contributed by atoms with Gasteiger partial charge in [-0.2, -0.15) is 0 Å². The maximum atomic E-state index is 5.66. The molecule has 0 saturated carbocycles. The molecule has 0 radical (unpaired) electrons. The van der Waals surface area contributed by atoms with Gasteiger partial charge in [-0.3, -0.25) is 4.98 Å². The summed E-state index contributed by atoms with van der Waals surface area (Å²) in [5, 5.41) is 0.507. The average Bonchev–Trinajstić information content (AvgIpc) is 2.03. The number of hydrogen-bond donors (Lipinski definition) is 2. The van der Waals surface area contributed by atoms with Crippen molar-refractivity contribution in [2.45, 2.75) is 6.04 Å². The molecule has 0 aliphatic carbocycles. The predicted octanol–water partition coefficient (Wildman–Crippen LogP) is 1.50. The van der Waals surface area contributed by atoms with E-state index in [0.717, 1.165) is 0 Å². The van der Waals surface area contributed by atoms with Gasteiger partial charge in [0.05, 0.1) is 22.4 Å². The van der Waals surface area contributed by atoms with Crippen LogP contribution in [-0.4, -0.2) is 4.98 Å². The maximum Gasteiger partial charge on any atom is 0.0839 e. The van der Waals surface area contributed by atoms with Crippen LogP contribution in [0.25, 0.3) is 0 Å². The van der Waals surface area contributed by atoms with Gasteiger partial charge in [0.2, 0.25) is 0 Å². The maximum absolute atomic E-state index is 5.66. The molecule has 1 rings (SSSR count). The van der Waals surface area contributed by atoms with Gasteiger partial charge in [-0.05, 0) is 6.07 Å². The lowest BCUT2D eigenvalue weighted by atomic mass is 10.2. The molecule has 1 heterocycles. The van der Waals surface area contributed by atoms with Crippen molar-refractivity contribution in [1.29, 1.82) is 0 Å². The topological polar surface area (TPSA) is 64.9 Å². The lowest BCUT2D eigenvalue weighted by Crippen LogP contribution is -2.11. The summed E-state index contributed by atoms with van der Waals surface area (Å²) in [4.78, 5) is 4.00. The van der Waals surface area contributed by atoms with Gasteiger partial charge in [-0.15, -0.1) is 6.58 Å². The number of rotatable bonds is 2. The Kier molecular flexibility index (Phi) is 2.68. The van der Waals surface area contributed by atoms with E-state index < -0.39 is 0 Å². The first kappa shape index (κ1) is 9.03. The fourth-order valence-corrected chi connectivity index (χ4v) is 1.02. The zero-order valence-corrected chi connectivity index (χ0v) is 7.25. The molecule has 4 N–H and O–H groups in total. The molecule has 0 saturated heterocycles. The van der Waals surface area contributed by atoms with Crippen molar-refractivity contribution in [2.75, 3.05) is 5.73 Å². The Morgan fingerprint density at radius 1 is 1.67 bits per heavy atom. The third-order valence-corrected chi connectivity index (χ3v) is 1.69. The standard InChI is InChI=1S/C8H10ClN3/c1-2-6(10)8-7(11)3-5(9)4-12-8/h2-4,6H,1,10-11H2. The second kappa shape index (κ2) is 3.56. The first-order valence-corrected chi connectivity index (χ1v) is 3.82. The molecule has 1 aromatic rings. The van der Waals surface area contributed by atoms with Crippen molar-refractivity contribution in [2.24, 2.45) is 5.73 Å². The number of nitrogens with two attached hydrogens (primary N) is 2. The fourth-order valence-electron chi connectivity index (χ4n) is 0.856. The van der Waals surface area contributed by atoms with Crippen LogP contribution in [0.5, 0.6) is 0 Å². The Labute approximate surface area is 76.0 Å². The Balaban J connectivity index is 3.09. The van der Waals surface area contributed by atoms with E-state index in [4.69, 9.17) is 23.1 Å². The van der Waals surface area contributed by atoms with Crippen LogP contribution >= 0.6 is 11.6 Å². The van der Waals surface area contributed by atoms with E-state index in [1.54, 1.807) is 12.1 Å². The number of hydrogen-bond acceptors (Lipinski definition) is 3. The van der Waals surface area contributed by atoms with Gasteiger partial charge in [0.25, 0.3) is 0 Å². The number of nitrogen functional groups attached to an aromatic ring is 1. The molecule has 0 spiro atoms. The van der Waals surface area contributed by atoms with Crippen LogP contribution in [0.15, 0.2) is 24.9 Å². The summed E-state index contributed by atoms with van der Waals surface area (Å²) < 4.78 is 0. The molecular formula is C8H10ClN3. The van der Waals surface area contributed by atoms with E-state index in [2.05, 4.69) is 11.6 Å². The smallest absolute Gasteiger partial charge is 0.0839 e. The van der Waals surface area contributed by atoms with Crippen molar-refractivity contribution in [3.8, 4) is 0 Å². The van der Waals surface area contributed by atoms with Gasteiger partial charge in [-0.1, -0.05) is 17.7 Å². The Morgan fingerprint density at radius 2 is 2.33 bits per heavy atom. The van der Waals surface area contributed by atoms with E-state index in [9.17, 15) is 0 Å². The van der Waals surface area contributed by atoms with E-state index in [1.165, 1.54) is 6.20 Å². The molecule has 1 atom stereocenters. The highest BCUT2D eigenvalue weighted by Crippen LogP contribution is 2.19. The van der Waals surface area contributed by atoms with Crippen molar-refractivity contribution >= 4 is 17.3 Å². The SMILES string of the molecule is C=CC(N)c1ncc(Cl)cc1N. The van der Waals surface area contributed by atoms with Crippen LogP contribution in [0, 0.1) is 0 Å².